The first-order valence-electron chi connectivity index (χ1n) is 9.51. The average Bonchev–Trinajstić information content (AvgIpc) is 3.38. The van der Waals surface area contributed by atoms with E-state index in [1.165, 1.54) is 11.3 Å². The van der Waals surface area contributed by atoms with Gasteiger partial charge in [0, 0.05) is 22.5 Å². The molecule has 2 aromatic heterocycles. The van der Waals surface area contributed by atoms with Crippen molar-refractivity contribution in [3.05, 3.63) is 97.4 Å². The number of aromatic nitrogens is 2. The van der Waals surface area contributed by atoms with Gasteiger partial charge in [-0.25, -0.2) is 0 Å². The van der Waals surface area contributed by atoms with Crippen LogP contribution in [0.4, 0.5) is 5.69 Å². The van der Waals surface area contributed by atoms with Crippen LogP contribution in [0.3, 0.4) is 0 Å². The van der Waals surface area contributed by atoms with Gasteiger partial charge >= 0.3 is 0 Å². The molecular weight excluding hydrogens is 498 g/mol. The van der Waals surface area contributed by atoms with Crippen molar-refractivity contribution in [2.24, 2.45) is 0 Å². The van der Waals surface area contributed by atoms with Crippen molar-refractivity contribution in [1.82, 2.24) is 9.78 Å². The van der Waals surface area contributed by atoms with E-state index in [9.17, 15) is 4.79 Å². The molecule has 0 unspecified atom stereocenters. The van der Waals surface area contributed by atoms with Crippen LogP contribution in [-0.2, 0) is 13.2 Å². The SMILES string of the molecule is Cc1cc(Cl)ccc1OCc1csc(C(=O)Nc2ccc(Cn3cc(Br)cn3)cc2)c1. The lowest BCUT2D eigenvalue weighted by Gasteiger charge is -2.08. The highest BCUT2D eigenvalue weighted by Crippen LogP contribution is 2.24. The van der Waals surface area contributed by atoms with Crippen molar-refractivity contribution in [2.75, 3.05) is 5.32 Å². The molecule has 0 aliphatic heterocycles. The highest BCUT2D eigenvalue weighted by Gasteiger charge is 2.11. The summed E-state index contributed by atoms with van der Waals surface area (Å²) in [6.45, 7) is 3.01. The van der Waals surface area contributed by atoms with Crippen molar-refractivity contribution >= 4 is 50.5 Å². The van der Waals surface area contributed by atoms with Gasteiger partial charge in [0.15, 0.2) is 0 Å². The number of benzene rings is 2. The van der Waals surface area contributed by atoms with E-state index in [4.69, 9.17) is 16.3 Å². The Labute approximate surface area is 197 Å². The summed E-state index contributed by atoms with van der Waals surface area (Å²) in [6, 6.07) is 15.1. The van der Waals surface area contributed by atoms with Crippen molar-refractivity contribution in [3.8, 4) is 5.75 Å². The van der Waals surface area contributed by atoms with Gasteiger partial charge in [-0.15, -0.1) is 11.3 Å². The van der Waals surface area contributed by atoms with Gasteiger partial charge in [0.2, 0.25) is 0 Å². The molecule has 4 rings (SSSR count). The molecule has 0 saturated carbocycles. The van der Waals surface area contributed by atoms with E-state index < -0.39 is 0 Å². The largest absolute Gasteiger partial charge is 0.489 e. The summed E-state index contributed by atoms with van der Waals surface area (Å²) in [5, 5.41) is 9.81. The highest BCUT2D eigenvalue weighted by molar-refractivity contribution is 9.10. The van der Waals surface area contributed by atoms with Crippen molar-refractivity contribution in [1.29, 1.82) is 0 Å². The molecule has 0 spiro atoms. The van der Waals surface area contributed by atoms with E-state index in [1.807, 2.05) is 65.6 Å². The molecule has 31 heavy (non-hydrogen) atoms. The van der Waals surface area contributed by atoms with Gasteiger partial charge in [-0.3, -0.25) is 9.48 Å². The van der Waals surface area contributed by atoms with Gasteiger partial charge in [-0.05, 0) is 75.8 Å². The molecule has 158 valence electrons. The van der Waals surface area contributed by atoms with Gasteiger partial charge in [-0.1, -0.05) is 23.7 Å². The predicted molar refractivity (Wildman–Crippen MR) is 128 cm³/mol. The molecule has 4 aromatic rings. The summed E-state index contributed by atoms with van der Waals surface area (Å²) in [5.74, 6) is 0.645. The molecule has 5 nitrogen and oxygen atoms in total. The second-order valence-electron chi connectivity index (χ2n) is 7.02. The zero-order chi connectivity index (χ0) is 21.8. The maximum absolute atomic E-state index is 12.6. The first-order chi connectivity index (χ1) is 15.0. The Morgan fingerprint density at radius 2 is 2.00 bits per heavy atom. The van der Waals surface area contributed by atoms with Crippen LogP contribution in [0.5, 0.6) is 5.75 Å². The Morgan fingerprint density at radius 3 is 2.71 bits per heavy atom. The number of ether oxygens (including phenoxy) is 1. The summed E-state index contributed by atoms with van der Waals surface area (Å²) >= 11 is 10.8. The summed E-state index contributed by atoms with van der Waals surface area (Å²) in [4.78, 5) is 13.2. The molecule has 2 aromatic carbocycles. The van der Waals surface area contributed by atoms with E-state index in [1.54, 1.807) is 12.3 Å². The topological polar surface area (TPSA) is 56.1 Å². The van der Waals surface area contributed by atoms with Crippen molar-refractivity contribution in [2.45, 2.75) is 20.1 Å². The second-order valence-corrected chi connectivity index (χ2v) is 9.29. The van der Waals surface area contributed by atoms with Crippen LogP contribution in [0, 0.1) is 6.92 Å². The lowest BCUT2D eigenvalue weighted by molar-refractivity contribution is 0.103. The number of thiophene rings is 1. The molecule has 2 heterocycles. The fraction of sp³-hybridized carbons (Fsp3) is 0.130. The van der Waals surface area contributed by atoms with Gasteiger partial charge in [-0.2, -0.15) is 5.10 Å². The predicted octanol–water partition coefficient (Wildman–Crippen LogP) is 6.55. The minimum absolute atomic E-state index is 0.136. The first kappa shape index (κ1) is 21.6. The maximum atomic E-state index is 12.6. The lowest BCUT2D eigenvalue weighted by atomic mass is 10.2. The zero-order valence-electron chi connectivity index (χ0n) is 16.6. The second kappa shape index (κ2) is 9.68. The Hall–Kier alpha value is -2.61. The zero-order valence-corrected chi connectivity index (χ0v) is 19.8. The average molecular weight is 517 g/mol. The number of carbonyl (C=O) groups is 1. The Balaban J connectivity index is 1.33. The van der Waals surface area contributed by atoms with Crippen molar-refractivity contribution in [3.63, 3.8) is 0 Å². The molecule has 0 bridgehead atoms. The number of aryl methyl sites for hydroxylation is 1. The van der Waals surface area contributed by atoms with Crippen LogP contribution in [0.2, 0.25) is 5.02 Å². The molecule has 0 aliphatic rings. The number of amides is 1. The third kappa shape index (κ3) is 5.76. The fourth-order valence-electron chi connectivity index (χ4n) is 3.00. The van der Waals surface area contributed by atoms with Gasteiger partial charge in [0.1, 0.15) is 12.4 Å². The maximum Gasteiger partial charge on any atom is 0.265 e. The Kier molecular flexibility index (Phi) is 6.75. The minimum Gasteiger partial charge on any atom is -0.489 e. The summed E-state index contributed by atoms with van der Waals surface area (Å²) in [6.07, 6.45) is 3.67. The number of hydrogen-bond acceptors (Lipinski definition) is 4. The highest BCUT2D eigenvalue weighted by atomic mass is 79.9. The normalized spacial score (nSPS) is 10.8. The first-order valence-corrected chi connectivity index (χ1v) is 11.6. The molecule has 1 amide bonds. The van der Waals surface area contributed by atoms with Crippen molar-refractivity contribution < 1.29 is 9.53 Å². The van der Waals surface area contributed by atoms with E-state index in [0.717, 1.165) is 32.6 Å². The lowest BCUT2D eigenvalue weighted by Crippen LogP contribution is -2.10. The quantitative estimate of drug-likeness (QED) is 0.303. The third-order valence-electron chi connectivity index (χ3n) is 4.57. The van der Waals surface area contributed by atoms with E-state index in [0.29, 0.717) is 23.1 Å². The summed E-state index contributed by atoms with van der Waals surface area (Å²) in [7, 11) is 0. The number of carbonyl (C=O) groups excluding carboxylic acids is 1. The molecule has 0 radical (unpaired) electrons. The number of rotatable bonds is 7. The monoisotopic (exact) mass is 515 g/mol. The molecule has 8 heteroatoms. The van der Waals surface area contributed by atoms with E-state index >= 15 is 0 Å². The third-order valence-corrected chi connectivity index (χ3v) is 6.19. The minimum atomic E-state index is -0.136. The van der Waals surface area contributed by atoms with Crippen LogP contribution in [0.25, 0.3) is 0 Å². The van der Waals surface area contributed by atoms with Crippen LogP contribution < -0.4 is 10.1 Å². The smallest absolute Gasteiger partial charge is 0.265 e. The number of hydrogen-bond donors (Lipinski definition) is 1. The molecule has 0 aliphatic carbocycles. The summed E-state index contributed by atoms with van der Waals surface area (Å²) in [5.41, 5.74) is 3.77. The summed E-state index contributed by atoms with van der Waals surface area (Å²) < 4.78 is 8.65. The molecule has 1 N–H and O–H groups in total. The molecule has 0 atom stereocenters. The van der Waals surface area contributed by atoms with Gasteiger partial charge < -0.3 is 10.1 Å². The fourth-order valence-corrected chi connectivity index (χ4v) is 4.35. The van der Waals surface area contributed by atoms with Crippen LogP contribution >= 0.6 is 38.9 Å². The molecule has 0 fully saturated rings. The van der Waals surface area contributed by atoms with E-state index in [2.05, 4.69) is 26.3 Å². The molecular formula is C23H19BrClN3O2S. The Morgan fingerprint density at radius 1 is 1.19 bits per heavy atom. The molecule has 0 saturated heterocycles. The Bertz CT molecular complexity index is 1200. The van der Waals surface area contributed by atoms with Crippen LogP contribution in [0.1, 0.15) is 26.4 Å². The van der Waals surface area contributed by atoms with E-state index in [-0.39, 0.29) is 5.91 Å². The van der Waals surface area contributed by atoms with Crippen LogP contribution in [-0.4, -0.2) is 15.7 Å². The number of nitrogens with zero attached hydrogens (tertiary/aromatic N) is 2. The van der Waals surface area contributed by atoms with Gasteiger partial charge in [0.05, 0.1) is 22.1 Å². The number of nitrogens with one attached hydrogen (secondary N) is 1. The number of anilines is 1. The van der Waals surface area contributed by atoms with Crippen LogP contribution in [0.15, 0.2) is 70.8 Å². The standard InChI is InChI=1S/C23H19BrClN3O2S/c1-15-8-19(25)4-7-21(15)30-13-17-9-22(31-14-17)23(29)27-20-5-2-16(3-6-20)11-28-12-18(24)10-26-28/h2-10,12,14H,11,13H2,1H3,(H,27,29). The number of halogens is 2. The van der Waals surface area contributed by atoms with Gasteiger partial charge in [0.25, 0.3) is 5.91 Å².